The molecule has 1 atom stereocenters. The molecule has 0 aliphatic heterocycles. The quantitative estimate of drug-likeness (QED) is 0.608. The Morgan fingerprint density at radius 2 is 1.75 bits per heavy atom. The average molecular weight is 397 g/mol. The van der Waals surface area contributed by atoms with Gasteiger partial charge in [0.15, 0.2) is 11.0 Å². The summed E-state index contributed by atoms with van der Waals surface area (Å²) in [5.74, 6) is 0.264. The lowest BCUT2D eigenvalue weighted by Crippen LogP contribution is -2.08. The molecular weight excluding hydrogens is 372 g/mol. The SMILES string of the molecule is CC(C(=O)O)c1ccc(CSc2nnc(-c3ccc(N(C)C)cc3)n2C)cc1. The lowest BCUT2D eigenvalue weighted by Gasteiger charge is -2.12. The molecule has 3 rings (SSSR count). The fourth-order valence-electron chi connectivity index (χ4n) is 2.79. The van der Waals surface area contributed by atoms with Gasteiger partial charge in [0, 0.05) is 38.1 Å². The minimum absolute atomic E-state index is 0.498. The van der Waals surface area contributed by atoms with E-state index in [4.69, 9.17) is 5.11 Å². The second-order valence-corrected chi connectivity index (χ2v) is 7.84. The monoisotopic (exact) mass is 396 g/mol. The molecule has 0 amide bonds. The fraction of sp³-hybridized carbons (Fsp3) is 0.286. The number of benzene rings is 2. The molecule has 1 unspecified atom stereocenters. The smallest absolute Gasteiger partial charge is 0.310 e. The van der Waals surface area contributed by atoms with Crippen molar-refractivity contribution >= 4 is 23.4 Å². The number of hydrogen-bond donors (Lipinski definition) is 1. The number of aromatic nitrogens is 3. The molecule has 2 aromatic carbocycles. The topological polar surface area (TPSA) is 71.2 Å². The van der Waals surface area contributed by atoms with Gasteiger partial charge >= 0.3 is 5.97 Å². The van der Waals surface area contributed by atoms with Crippen LogP contribution < -0.4 is 4.90 Å². The largest absolute Gasteiger partial charge is 0.481 e. The predicted octanol–water partition coefficient (Wildman–Crippen LogP) is 4.03. The minimum Gasteiger partial charge on any atom is -0.481 e. The van der Waals surface area contributed by atoms with E-state index in [0.717, 1.165) is 39.1 Å². The summed E-state index contributed by atoms with van der Waals surface area (Å²) in [4.78, 5) is 13.1. The van der Waals surface area contributed by atoms with Crippen LogP contribution in [0.3, 0.4) is 0 Å². The van der Waals surface area contributed by atoms with Crippen LogP contribution in [-0.4, -0.2) is 39.9 Å². The number of carboxylic acid groups (broad SMARTS) is 1. The maximum Gasteiger partial charge on any atom is 0.310 e. The first kappa shape index (κ1) is 19.9. The highest BCUT2D eigenvalue weighted by molar-refractivity contribution is 7.98. The lowest BCUT2D eigenvalue weighted by molar-refractivity contribution is -0.138. The summed E-state index contributed by atoms with van der Waals surface area (Å²) in [6, 6.07) is 15.9. The Morgan fingerprint density at radius 3 is 2.32 bits per heavy atom. The lowest BCUT2D eigenvalue weighted by atomic mass is 10.0. The Hall–Kier alpha value is -2.80. The van der Waals surface area contributed by atoms with Crippen LogP contribution in [0.5, 0.6) is 0 Å². The summed E-state index contributed by atoms with van der Waals surface area (Å²) in [6.45, 7) is 1.69. The van der Waals surface area contributed by atoms with Crippen molar-refractivity contribution in [1.29, 1.82) is 0 Å². The highest BCUT2D eigenvalue weighted by Gasteiger charge is 2.14. The molecule has 146 valence electrons. The third-order valence-electron chi connectivity index (χ3n) is 4.69. The van der Waals surface area contributed by atoms with E-state index >= 15 is 0 Å². The van der Waals surface area contributed by atoms with Gasteiger partial charge in [0.25, 0.3) is 0 Å². The van der Waals surface area contributed by atoms with Gasteiger partial charge in [-0.2, -0.15) is 0 Å². The molecule has 7 heteroatoms. The third kappa shape index (κ3) is 4.36. The number of carbonyl (C=O) groups is 1. The molecule has 1 heterocycles. The van der Waals surface area contributed by atoms with E-state index in [1.807, 2.05) is 50.0 Å². The molecule has 1 N–H and O–H groups in total. The molecule has 0 saturated carbocycles. The van der Waals surface area contributed by atoms with E-state index in [-0.39, 0.29) is 0 Å². The van der Waals surface area contributed by atoms with Crippen molar-refractivity contribution in [2.45, 2.75) is 23.8 Å². The molecule has 0 radical (unpaired) electrons. The summed E-state index contributed by atoms with van der Waals surface area (Å²) in [5.41, 5.74) is 4.09. The zero-order chi connectivity index (χ0) is 20.3. The molecular formula is C21H24N4O2S. The first-order valence-electron chi connectivity index (χ1n) is 8.98. The van der Waals surface area contributed by atoms with Crippen LogP contribution in [-0.2, 0) is 17.6 Å². The van der Waals surface area contributed by atoms with Gasteiger partial charge in [-0.3, -0.25) is 4.79 Å². The van der Waals surface area contributed by atoms with Gasteiger partial charge in [0.05, 0.1) is 5.92 Å². The Morgan fingerprint density at radius 1 is 1.11 bits per heavy atom. The Kier molecular flexibility index (Phi) is 6.04. The zero-order valence-corrected chi connectivity index (χ0v) is 17.3. The maximum atomic E-state index is 11.1. The second-order valence-electron chi connectivity index (χ2n) is 6.90. The maximum absolute atomic E-state index is 11.1. The highest BCUT2D eigenvalue weighted by atomic mass is 32.2. The van der Waals surface area contributed by atoms with Crippen molar-refractivity contribution in [2.24, 2.45) is 7.05 Å². The first-order valence-corrected chi connectivity index (χ1v) is 9.97. The molecule has 3 aromatic rings. The van der Waals surface area contributed by atoms with Crippen molar-refractivity contribution in [3.05, 3.63) is 59.7 Å². The van der Waals surface area contributed by atoms with Crippen LogP contribution in [0.25, 0.3) is 11.4 Å². The molecule has 0 fully saturated rings. The van der Waals surface area contributed by atoms with Gasteiger partial charge in [-0.15, -0.1) is 10.2 Å². The Bertz CT molecular complexity index is 950. The molecule has 0 spiro atoms. The van der Waals surface area contributed by atoms with Gasteiger partial charge in [0.1, 0.15) is 0 Å². The fourth-order valence-corrected chi connectivity index (χ4v) is 3.66. The molecule has 1 aromatic heterocycles. The number of aliphatic carboxylic acids is 1. The van der Waals surface area contributed by atoms with Crippen LogP contribution in [0.4, 0.5) is 5.69 Å². The van der Waals surface area contributed by atoms with E-state index in [2.05, 4.69) is 39.4 Å². The number of thioether (sulfide) groups is 1. The van der Waals surface area contributed by atoms with Crippen LogP contribution >= 0.6 is 11.8 Å². The van der Waals surface area contributed by atoms with Crippen molar-refractivity contribution in [2.75, 3.05) is 19.0 Å². The minimum atomic E-state index is -0.813. The van der Waals surface area contributed by atoms with Gasteiger partial charge in [-0.25, -0.2) is 0 Å². The first-order chi connectivity index (χ1) is 13.4. The summed E-state index contributed by atoms with van der Waals surface area (Å²) < 4.78 is 2.00. The molecule has 0 aliphatic carbocycles. The predicted molar refractivity (Wildman–Crippen MR) is 113 cm³/mol. The molecule has 6 nitrogen and oxygen atoms in total. The zero-order valence-electron chi connectivity index (χ0n) is 16.5. The van der Waals surface area contributed by atoms with E-state index in [1.165, 1.54) is 0 Å². The molecule has 28 heavy (non-hydrogen) atoms. The van der Waals surface area contributed by atoms with Crippen molar-refractivity contribution in [1.82, 2.24) is 14.8 Å². The Balaban J connectivity index is 1.68. The molecule has 0 saturated heterocycles. The Labute approximate surface area is 169 Å². The van der Waals surface area contributed by atoms with Crippen LogP contribution in [0.2, 0.25) is 0 Å². The number of hydrogen-bond acceptors (Lipinski definition) is 5. The summed E-state index contributed by atoms with van der Waals surface area (Å²) in [6.07, 6.45) is 0. The van der Waals surface area contributed by atoms with Crippen molar-refractivity contribution in [3.8, 4) is 11.4 Å². The number of anilines is 1. The number of nitrogens with zero attached hydrogens (tertiary/aromatic N) is 4. The molecule has 0 aliphatic rings. The van der Waals surface area contributed by atoms with Gasteiger partial charge in [-0.05, 0) is 42.3 Å². The van der Waals surface area contributed by atoms with E-state index in [0.29, 0.717) is 0 Å². The second kappa shape index (κ2) is 8.48. The van der Waals surface area contributed by atoms with E-state index < -0.39 is 11.9 Å². The normalized spacial score (nSPS) is 12.0. The van der Waals surface area contributed by atoms with Crippen molar-refractivity contribution in [3.63, 3.8) is 0 Å². The van der Waals surface area contributed by atoms with E-state index in [9.17, 15) is 4.79 Å². The third-order valence-corrected chi connectivity index (χ3v) is 5.79. The van der Waals surface area contributed by atoms with Gasteiger partial charge in [0.2, 0.25) is 0 Å². The molecule has 0 bridgehead atoms. The standard InChI is InChI=1S/C21H24N4O2S/c1-14(20(26)27)16-7-5-15(6-8-16)13-28-21-23-22-19(25(21)4)17-9-11-18(12-10-17)24(2)3/h5-12,14H,13H2,1-4H3,(H,26,27). The highest BCUT2D eigenvalue weighted by Crippen LogP contribution is 2.27. The summed E-state index contributed by atoms with van der Waals surface area (Å²) in [7, 11) is 6.00. The number of rotatable bonds is 7. The van der Waals surface area contributed by atoms with Crippen LogP contribution in [0, 0.1) is 0 Å². The summed E-state index contributed by atoms with van der Waals surface area (Å²) in [5, 5.41) is 18.6. The van der Waals surface area contributed by atoms with Crippen LogP contribution in [0.15, 0.2) is 53.7 Å². The van der Waals surface area contributed by atoms with Gasteiger partial charge < -0.3 is 14.6 Å². The number of carboxylic acids is 1. The summed E-state index contributed by atoms with van der Waals surface area (Å²) >= 11 is 1.61. The van der Waals surface area contributed by atoms with E-state index in [1.54, 1.807) is 18.7 Å². The van der Waals surface area contributed by atoms with Gasteiger partial charge in [-0.1, -0.05) is 36.0 Å². The van der Waals surface area contributed by atoms with Crippen molar-refractivity contribution < 1.29 is 9.90 Å². The van der Waals surface area contributed by atoms with Crippen LogP contribution in [0.1, 0.15) is 24.0 Å². The average Bonchev–Trinajstić information content (AvgIpc) is 3.06.